The van der Waals surface area contributed by atoms with Crippen LogP contribution in [0.5, 0.6) is 0 Å². The van der Waals surface area contributed by atoms with E-state index < -0.39 is 9.84 Å². The first-order valence-corrected chi connectivity index (χ1v) is 9.23. The minimum absolute atomic E-state index is 0.0169. The largest absolute Gasteiger partial charge is 0.294 e. The normalized spacial score (nSPS) is 21.0. The average Bonchev–Trinajstić information content (AvgIpc) is 2.98. The van der Waals surface area contributed by atoms with E-state index in [1.165, 1.54) is 10.6 Å². The molecule has 1 saturated heterocycles. The molecule has 0 aliphatic carbocycles. The molecule has 0 spiro atoms. The Morgan fingerprint density at radius 1 is 1.45 bits per heavy atom. The summed E-state index contributed by atoms with van der Waals surface area (Å²) in [6.07, 6.45) is 0.653. The topological polar surface area (TPSA) is 87.5 Å². The Kier molecular flexibility index (Phi) is 3.82. The lowest BCUT2D eigenvalue weighted by Crippen LogP contribution is -2.36. The van der Waals surface area contributed by atoms with E-state index in [0.717, 1.165) is 12.2 Å². The summed E-state index contributed by atoms with van der Waals surface area (Å²) in [6.45, 7) is 5.09. The van der Waals surface area contributed by atoms with Gasteiger partial charge in [0.15, 0.2) is 15.5 Å². The van der Waals surface area contributed by atoms with Gasteiger partial charge >= 0.3 is 0 Å². The molecule has 0 aromatic carbocycles. The number of aryl methyl sites for hydroxylation is 1. The van der Waals surface area contributed by atoms with Crippen LogP contribution in [0.3, 0.4) is 0 Å². The van der Waals surface area contributed by atoms with Gasteiger partial charge in [-0.3, -0.25) is 14.8 Å². The number of hydrogen-bond acceptors (Lipinski definition) is 5. The third-order valence-electron chi connectivity index (χ3n) is 4.13. The van der Waals surface area contributed by atoms with Gasteiger partial charge in [-0.15, -0.1) is 0 Å². The maximum atomic E-state index is 12.1. The molecule has 3 heterocycles. The van der Waals surface area contributed by atoms with E-state index in [1.807, 2.05) is 19.9 Å². The molecule has 0 saturated carbocycles. The summed E-state index contributed by atoms with van der Waals surface area (Å²) in [6, 6.07) is 3.35. The van der Waals surface area contributed by atoms with E-state index in [0.29, 0.717) is 24.3 Å². The number of H-pyrrole nitrogens is 1. The van der Waals surface area contributed by atoms with Gasteiger partial charge in [-0.1, -0.05) is 6.92 Å². The number of aromatic amines is 1. The number of fused-ring (bicyclic) bond motifs is 1. The highest BCUT2D eigenvalue weighted by Gasteiger charge is 2.31. The average molecular weight is 324 g/mol. The van der Waals surface area contributed by atoms with E-state index in [4.69, 9.17) is 0 Å². The van der Waals surface area contributed by atoms with Crippen LogP contribution in [0.15, 0.2) is 16.9 Å². The van der Waals surface area contributed by atoms with Crippen LogP contribution in [0.2, 0.25) is 0 Å². The highest BCUT2D eigenvalue weighted by Crippen LogP contribution is 2.19. The second-order valence-corrected chi connectivity index (χ2v) is 8.07. The highest BCUT2D eigenvalue weighted by molar-refractivity contribution is 7.91. The molecule has 0 unspecified atom stereocenters. The van der Waals surface area contributed by atoms with Gasteiger partial charge in [0, 0.05) is 30.4 Å². The summed E-state index contributed by atoms with van der Waals surface area (Å²) in [5.41, 5.74) is 1.99. The number of sulfone groups is 1. The zero-order valence-electron chi connectivity index (χ0n) is 12.7. The lowest BCUT2D eigenvalue weighted by atomic mass is 10.2. The molecule has 0 bridgehead atoms. The van der Waals surface area contributed by atoms with Crippen molar-refractivity contribution in [2.24, 2.45) is 0 Å². The molecule has 7 nitrogen and oxygen atoms in total. The third-order valence-corrected chi connectivity index (χ3v) is 5.88. The minimum atomic E-state index is -2.92. The van der Waals surface area contributed by atoms with Crippen LogP contribution >= 0.6 is 0 Å². The molecule has 1 aliphatic heterocycles. The van der Waals surface area contributed by atoms with Gasteiger partial charge in [0.05, 0.1) is 17.2 Å². The lowest BCUT2D eigenvalue weighted by molar-refractivity contribution is 0.212. The summed E-state index contributed by atoms with van der Waals surface area (Å²) in [4.78, 5) is 18.7. The summed E-state index contributed by atoms with van der Waals surface area (Å²) in [7, 11) is -2.92. The van der Waals surface area contributed by atoms with Crippen molar-refractivity contribution >= 4 is 15.5 Å². The quantitative estimate of drug-likeness (QED) is 0.876. The molecule has 8 heteroatoms. The van der Waals surface area contributed by atoms with Crippen LogP contribution in [0, 0.1) is 6.92 Å². The molecule has 1 atom stereocenters. The van der Waals surface area contributed by atoms with Crippen molar-refractivity contribution in [3.8, 4) is 0 Å². The lowest BCUT2D eigenvalue weighted by Gasteiger charge is -2.25. The van der Waals surface area contributed by atoms with Crippen LogP contribution < -0.4 is 5.56 Å². The van der Waals surface area contributed by atoms with Gasteiger partial charge in [-0.2, -0.15) is 0 Å². The molecule has 1 aliphatic rings. The van der Waals surface area contributed by atoms with E-state index in [1.54, 1.807) is 0 Å². The molecule has 1 fully saturated rings. The molecule has 22 heavy (non-hydrogen) atoms. The smallest absolute Gasteiger partial charge is 0.272 e. The number of nitrogens with zero attached hydrogens (tertiary/aromatic N) is 3. The summed E-state index contributed by atoms with van der Waals surface area (Å²) in [5.74, 6) is 0.450. The van der Waals surface area contributed by atoms with Crippen LogP contribution in [0.1, 0.15) is 24.7 Å². The first kappa shape index (κ1) is 15.2. The fourth-order valence-corrected chi connectivity index (χ4v) is 4.77. The van der Waals surface area contributed by atoms with Gasteiger partial charge in [0.2, 0.25) is 0 Å². The molecule has 2 aromatic rings. The molecule has 1 N–H and O–H groups in total. The summed E-state index contributed by atoms with van der Waals surface area (Å²) >= 11 is 0. The third kappa shape index (κ3) is 2.93. The second-order valence-electron chi connectivity index (χ2n) is 5.84. The monoisotopic (exact) mass is 324 g/mol. The van der Waals surface area contributed by atoms with Crippen molar-refractivity contribution in [3.63, 3.8) is 0 Å². The SMILES string of the molecule is CCN(Cc1cc(=O)n2[nH]c(C)cc2n1)[C@@H]1CCS(=O)(=O)C1. The summed E-state index contributed by atoms with van der Waals surface area (Å²) < 4.78 is 24.7. The fourth-order valence-electron chi connectivity index (χ4n) is 3.01. The fraction of sp³-hybridized carbons (Fsp3) is 0.571. The van der Waals surface area contributed by atoms with E-state index >= 15 is 0 Å². The molecule has 3 rings (SSSR count). The first-order chi connectivity index (χ1) is 10.4. The number of rotatable bonds is 4. The predicted molar refractivity (Wildman–Crippen MR) is 83.7 cm³/mol. The summed E-state index contributed by atoms with van der Waals surface area (Å²) in [5, 5.41) is 2.94. The zero-order chi connectivity index (χ0) is 15.9. The minimum Gasteiger partial charge on any atom is -0.294 e. The van der Waals surface area contributed by atoms with E-state index in [-0.39, 0.29) is 23.1 Å². The maximum Gasteiger partial charge on any atom is 0.272 e. The number of nitrogens with one attached hydrogen (secondary N) is 1. The van der Waals surface area contributed by atoms with E-state index in [2.05, 4.69) is 15.0 Å². The standard InChI is InChI=1S/C14H20N4O3S/c1-3-17(12-4-5-22(20,21)9-12)8-11-7-14(19)18-13(15-11)6-10(2)16-18/h6-7,12,16H,3-5,8-9H2,1-2H3/t12-/m1/s1. The predicted octanol–water partition coefficient (Wildman–Crippen LogP) is 0.340. The van der Waals surface area contributed by atoms with Crippen molar-refractivity contribution in [2.75, 3.05) is 18.1 Å². The Balaban J connectivity index is 1.86. The second kappa shape index (κ2) is 5.51. The van der Waals surface area contributed by atoms with Crippen molar-refractivity contribution in [2.45, 2.75) is 32.9 Å². The first-order valence-electron chi connectivity index (χ1n) is 7.41. The Labute approximate surface area is 128 Å². The van der Waals surface area contributed by atoms with Crippen LogP contribution in [0.25, 0.3) is 5.65 Å². The van der Waals surface area contributed by atoms with Gasteiger partial charge in [-0.25, -0.2) is 17.9 Å². The Hall–Kier alpha value is -1.67. The maximum absolute atomic E-state index is 12.1. The van der Waals surface area contributed by atoms with E-state index in [9.17, 15) is 13.2 Å². The highest BCUT2D eigenvalue weighted by atomic mass is 32.2. The molecule has 120 valence electrons. The Morgan fingerprint density at radius 3 is 2.86 bits per heavy atom. The van der Waals surface area contributed by atoms with Crippen molar-refractivity contribution < 1.29 is 8.42 Å². The molecular formula is C14H20N4O3S. The Bertz CT molecular complexity index is 853. The Morgan fingerprint density at radius 2 is 2.23 bits per heavy atom. The van der Waals surface area contributed by atoms with Crippen LogP contribution in [0.4, 0.5) is 0 Å². The molecular weight excluding hydrogens is 304 g/mol. The van der Waals surface area contributed by atoms with Gasteiger partial charge < -0.3 is 0 Å². The number of aromatic nitrogens is 3. The van der Waals surface area contributed by atoms with Crippen LogP contribution in [-0.4, -0.2) is 52.0 Å². The van der Waals surface area contributed by atoms with Crippen molar-refractivity contribution in [3.05, 3.63) is 33.9 Å². The molecule has 2 aromatic heterocycles. The molecule has 0 radical (unpaired) electrons. The van der Waals surface area contributed by atoms with Crippen molar-refractivity contribution in [1.82, 2.24) is 19.5 Å². The molecule has 0 amide bonds. The van der Waals surface area contributed by atoms with Gasteiger partial charge in [0.1, 0.15) is 0 Å². The van der Waals surface area contributed by atoms with Gasteiger partial charge in [-0.05, 0) is 19.9 Å². The zero-order valence-corrected chi connectivity index (χ0v) is 13.6. The number of hydrogen-bond donors (Lipinski definition) is 1. The van der Waals surface area contributed by atoms with Crippen LogP contribution in [-0.2, 0) is 16.4 Å². The van der Waals surface area contributed by atoms with Gasteiger partial charge in [0.25, 0.3) is 5.56 Å². The van der Waals surface area contributed by atoms with Crippen molar-refractivity contribution in [1.29, 1.82) is 0 Å².